The van der Waals surface area contributed by atoms with Crippen molar-refractivity contribution in [2.24, 2.45) is 0 Å². The van der Waals surface area contributed by atoms with Gasteiger partial charge >= 0.3 is 0 Å². The summed E-state index contributed by atoms with van der Waals surface area (Å²) in [5.74, 6) is 1.72. The lowest BCUT2D eigenvalue weighted by molar-refractivity contribution is 0.410. The third-order valence-electron chi connectivity index (χ3n) is 2.47. The van der Waals surface area contributed by atoms with E-state index in [4.69, 9.17) is 4.74 Å². The standard InChI is InChI=1S/C13H15N3O/c1-17-12-6-3-2-5-11(12)8-10-14-13-7-4-9-15-16-13/h2-7,9H,8,10H2,1H3,(H,14,16). The van der Waals surface area contributed by atoms with Gasteiger partial charge in [-0.3, -0.25) is 0 Å². The van der Waals surface area contributed by atoms with Crippen LogP contribution in [-0.2, 0) is 6.42 Å². The highest BCUT2D eigenvalue weighted by Crippen LogP contribution is 2.17. The van der Waals surface area contributed by atoms with Crippen molar-refractivity contribution in [3.8, 4) is 5.75 Å². The Labute approximate surface area is 101 Å². The predicted octanol–water partition coefficient (Wildman–Crippen LogP) is 2.14. The molecule has 1 aromatic carbocycles. The smallest absolute Gasteiger partial charge is 0.148 e. The first kappa shape index (κ1) is 11.4. The topological polar surface area (TPSA) is 47.0 Å². The molecule has 0 aliphatic carbocycles. The molecule has 0 spiro atoms. The Morgan fingerprint density at radius 1 is 1.18 bits per heavy atom. The number of benzene rings is 1. The van der Waals surface area contributed by atoms with E-state index in [-0.39, 0.29) is 0 Å². The molecule has 0 aliphatic rings. The Kier molecular flexibility index (Phi) is 3.91. The van der Waals surface area contributed by atoms with Crippen molar-refractivity contribution in [2.75, 3.05) is 19.0 Å². The van der Waals surface area contributed by atoms with E-state index in [2.05, 4.69) is 21.6 Å². The lowest BCUT2D eigenvalue weighted by Gasteiger charge is -2.08. The van der Waals surface area contributed by atoms with Crippen LogP contribution in [0.5, 0.6) is 5.75 Å². The normalized spacial score (nSPS) is 9.94. The Morgan fingerprint density at radius 3 is 2.82 bits per heavy atom. The van der Waals surface area contributed by atoms with Crippen molar-refractivity contribution in [3.63, 3.8) is 0 Å². The first-order chi connectivity index (χ1) is 8.40. The second kappa shape index (κ2) is 5.84. The lowest BCUT2D eigenvalue weighted by atomic mass is 10.1. The van der Waals surface area contributed by atoms with Crippen LogP contribution >= 0.6 is 0 Å². The summed E-state index contributed by atoms with van der Waals surface area (Å²) in [6.07, 6.45) is 2.55. The molecule has 0 radical (unpaired) electrons. The number of anilines is 1. The number of nitrogens with one attached hydrogen (secondary N) is 1. The fraction of sp³-hybridized carbons (Fsp3) is 0.231. The van der Waals surface area contributed by atoms with Crippen LogP contribution < -0.4 is 10.1 Å². The summed E-state index contributed by atoms with van der Waals surface area (Å²) in [6.45, 7) is 0.805. The van der Waals surface area contributed by atoms with Crippen LogP contribution in [0.15, 0.2) is 42.6 Å². The average Bonchev–Trinajstić information content (AvgIpc) is 2.40. The van der Waals surface area contributed by atoms with Gasteiger partial charge in [0, 0.05) is 12.7 Å². The molecule has 0 saturated carbocycles. The summed E-state index contributed by atoms with van der Waals surface area (Å²) in [7, 11) is 1.69. The Hall–Kier alpha value is -2.10. The zero-order chi connectivity index (χ0) is 11.9. The molecule has 0 saturated heterocycles. The predicted molar refractivity (Wildman–Crippen MR) is 67.2 cm³/mol. The van der Waals surface area contributed by atoms with Crippen LogP contribution in [0.25, 0.3) is 0 Å². The number of nitrogens with zero attached hydrogens (tertiary/aromatic N) is 2. The van der Waals surface area contributed by atoms with Gasteiger partial charge in [0.15, 0.2) is 0 Å². The van der Waals surface area contributed by atoms with Crippen molar-refractivity contribution in [1.29, 1.82) is 0 Å². The minimum atomic E-state index is 0.794. The van der Waals surface area contributed by atoms with Gasteiger partial charge < -0.3 is 10.1 Å². The Balaban J connectivity index is 1.90. The van der Waals surface area contributed by atoms with E-state index >= 15 is 0 Å². The number of hydrogen-bond acceptors (Lipinski definition) is 4. The number of para-hydroxylation sites is 1. The molecule has 4 heteroatoms. The van der Waals surface area contributed by atoms with E-state index in [0.29, 0.717) is 0 Å². The van der Waals surface area contributed by atoms with E-state index in [1.807, 2.05) is 30.3 Å². The summed E-state index contributed by atoms with van der Waals surface area (Å²) in [5.41, 5.74) is 1.19. The fourth-order valence-electron chi connectivity index (χ4n) is 1.63. The van der Waals surface area contributed by atoms with Gasteiger partial charge in [0.1, 0.15) is 11.6 Å². The van der Waals surface area contributed by atoms with Gasteiger partial charge in [-0.15, -0.1) is 5.10 Å². The summed E-state index contributed by atoms with van der Waals surface area (Å²) >= 11 is 0. The van der Waals surface area contributed by atoms with Gasteiger partial charge in [-0.25, -0.2) is 0 Å². The summed E-state index contributed by atoms with van der Waals surface area (Å²) in [4.78, 5) is 0. The molecule has 0 unspecified atom stereocenters. The van der Waals surface area contributed by atoms with Crippen LogP contribution in [0.1, 0.15) is 5.56 Å². The maximum absolute atomic E-state index is 5.29. The van der Waals surface area contributed by atoms with Gasteiger partial charge in [0.25, 0.3) is 0 Å². The van der Waals surface area contributed by atoms with Crippen LogP contribution in [0.2, 0.25) is 0 Å². The Morgan fingerprint density at radius 2 is 2.06 bits per heavy atom. The molecule has 1 N–H and O–H groups in total. The van der Waals surface area contributed by atoms with E-state index < -0.39 is 0 Å². The fourth-order valence-corrected chi connectivity index (χ4v) is 1.63. The highest BCUT2D eigenvalue weighted by molar-refractivity contribution is 5.35. The van der Waals surface area contributed by atoms with Crippen molar-refractivity contribution in [3.05, 3.63) is 48.2 Å². The molecular weight excluding hydrogens is 214 g/mol. The summed E-state index contributed by atoms with van der Waals surface area (Å²) < 4.78 is 5.29. The highest BCUT2D eigenvalue weighted by Gasteiger charge is 2.01. The number of hydrogen-bond donors (Lipinski definition) is 1. The first-order valence-corrected chi connectivity index (χ1v) is 5.53. The number of ether oxygens (including phenoxy) is 1. The molecule has 1 heterocycles. The van der Waals surface area contributed by atoms with Crippen molar-refractivity contribution >= 4 is 5.82 Å². The number of aromatic nitrogens is 2. The molecule has 17 heavy (non-hydrogen) atoms. The third-order valence-corrected chi connectivity index (χ3v) is 2.47. The van der Waals surface area contributed by atoms with E-state index in [1.165, 1.54) is 5.56 Å². The van der Waals surface area contributed by atoms with Crippen molar-refractivity contribution < 1.29 is 4.74 Å². The first-order valence-electron chi connectivity index (χ1n) is 5.53. The number of rotatable bonds is 5. The molecule has 88 valence electrons. The minimum Gasteiger partial charge on any atom is -0.496 e. The zero-order valence-electron chi connectivity index (χ0n) is 9.76. The zero-order valence-corrected chi connectivity index (χ0v) is 9.76. The van der Waals surface area contributed by atoms with Crippen LogP contribution in [-0.4, -0.2) is 23.9 Å². The van der Waals surface area contributed by atoms with Crippen LogP contribution in [0.4, 0.5) is 5.82 Å². The van der Waals surface area contributed by atoms with Crippen molar-refractivity contribution in [2.45, 2.75) is 6.42 Å². The van der Waals surface area contributed by atoms with Crippen LogP contribution in [0, 0.1) is 0 Å². The SMILES string of the molecule is COc1ccccc1CCNc1cccnn1. The maximum Gasteiger partial charge on any atom is 0.148 e. The molecule has 0 amide bonds. The van der Waals surface area contributed by atoms with E-state index in [9.17, 15) is 0 Å². The quantitative estimate of drug-likeness (QED) is 0.853. The van der Waals surface area contributed by atoms with Gasteiger partial charge in [-0.05, 0) is 30.2 Å². The monoisotopic (exact) mass is 229 g/mol. The second-order valence-corrected chi connectivity index (χ2v) is 3.60. The molecule has 0 fully saturated rings. The van der Waals surface area contributed by atoms with Crippen LogP contribution in [0.3, 0.4) is 0 Å². The average molecular weight is 229 g/mol. The van der Waals surface area contributed by atoms with Crippen molar-refractivity contribution in [1.82, 2.24) is 10.2 Å². The molecule has 2 aromatic rings. The molecule has 0 atom stereocenters. The molecule has 2 rings (SSSR count). The Bertz CT molecular complexity index is 459. The summed E-state index contributed by atoms with van der Waals surface area (Å²) in [5, 5.41) is 11.0. The van der Waals surface area contributed by atoms with Gasteiger partial charge in [-0.1, -0.05) is 18.2 Å². The van der Waals surface area contributed by atoms with Gasteiger partial charge in [-0.2, -0.15) is 5.10 Å². The van der Waals surface area contributed by atoms with E-state index in [1.54, 1.807) is 13.3 Å². The number of methoxy groups -OCH3 is 1. The lowest BCUT2D eigenvalue weighted by Crippen LogP contribution is -2.07. The molecule has 1 aromatic heterocycles. The molecular formula is C13H15N3O. The largest absolute Gasteiger partial charge is 0.496 e. The maximum atomic E-state index is 5.29. The summed E-state index contributed by atoms with van der Waals surface area (Å²) in [6, 6.07) is 11.8. The molecule has 0 bridgehead atoms. The van der Waals surface area contributed by atoms with Gasteiger partial charge in [0.05, 0.1) is 7.11 Å². The molecule has 4 nitrogen and oxygen atoms in total. The molecule has 0 aliphatic heterocycles. The minimum absolute atomic E-state index is 0.794. The van der Waals surface area contributed by atoms with E-state index in [0.717, 1.165) is 24.5 Å². The third kappa shape index (κ3) is 3.17. The highest BCUT2D eigenvalue weighted by atomic mass is 16.5. The van der Waals surface area contributed by atoms with Gasteiger partial charge in [0.2, 0.25) is 0 Å². The second-order valence-electron chi connectivity index (χ2n) is 3.60.